The Labute approximate surface area is 149 Å². The standard InChI is InChI=1S/C18H20BrN3O2/c1-18(11-20,13-6-7-13)22-17(23)12-5-8-16(21-10-12)24-15-4-2-3-14(19)9-15/h2-5,8-10,13H,6-7,11,20H2,1H3,(H,22,23). The molecule has 1 aromatic carbocycles. The third kappa shape index (κ3) is 3.94. The highest BCUT2D eigenvalue weighted by Crippen LogP contribution is 2.39. The van der Waals surface area contributed by atoms with Crippen LogP contribution in [0.15, 0.2) is 47.1 Å². The van der Waals surface area contributed by atoms with Gasteiger partial charge in [-0.15, -0.1) is 0 Å². The molecule has 3 rings (SSSR count). The van der Waals surface area contributed by atoms with Crippen LogP contribution in [-0.2, 0) is 0 Å². The van der Waals surface area contributed by atoms with E-state index in [1.165, 1.54) is 6.20 Å². The van der Waals surface area contributed by atoms with E-state index in [9.17, 15) is 4.79 Å². The van der Waals surface area contributed by atoms with Gasteiger partial charge in [0, 0.05) is 23.3 Å². The quantitative estimate of drug-likeness (QED) is 0.792. The minimum absolute atomic E-state index is 0.156. The number of rotatable bonds is 6. The number of nitrogens with one attached hydrogen (secondary N) is 1. The van der Waals surface area contributed by atoms with E-state index in [0.717, 1.165) is 17.3 Å². The molecule has 1 aliphatic rings. The molecule has 0 bridgehead atoms. The predicted octanol–water partition coefficient (Wildman–Crippen LogP) is 3.49. The summed E-state index contributed by atoms with van der Waals surface area (Å²) in [4.78, 5) is 16.6. The molecule has 1 unspecified atom stereocenters. The van der Waals surface area contributed by atoms with Gasteiger partial charge in [0.25, 0.3) is 5.91 Å². The summed E-state index contributed by atoms with van der Waals surface area (Å²) in [5, 5.41) is 3.05. The Morgan fingerprint density at radius 3 is 2.79 bits per heavy atom. The maximum atomic E-state index is 12.4. The van der Waals surface area contributed by atoms with Gasteiger partial charge in [0.2, 0.25) is 5.88 Å². The maximum Gasteiger partial charge on any atom is 0.253 e. The van der Waals surface area contributed by atoms with E-state index in [1.807, 2.05) is 31.2 Å². The largest absolute Gasteiger partial charge is 0.439 e. The Bertz CT molecular complexity index is 731. The number of nitrogens with two attached hydrogens (primary N) is 1. The minimum Gasteiger partial charge on any atom is -0.439 e. The summed E-state index contributed by atoms with van der Waals surface area (Å²) in [6.07, 6.45) is 3.75. The van der Waals surface area contributed by atoms with Crippen LogP contribution in [0.4, 0.5) is 0 Å². The van der Waals surface area contributed by atoms with Crippen LogP contribution >= 0.6 is 15.9 Å². The fourth-order valence-corrected chi connectivity index (χ4v) is 2.98. The van der Waals surface area contributed by atoms with Crippen LogP contribution in [0.1, 0.15) is 30.1 Å². The zero-order valence-electron chi connectivity index (χ0n) is 13.5. The van der Waals surface area contributed by atoms with Crippen molar-refractivity contribution in [2.24, 2.45) is 11.7 Å². The van der Waals surface area contributed by atoms with Crippen molar-refractivity contribution in [3.05, 3.63) is 52.6 Å². The van der Waals surface area contributed by atoms with Gasteiger partial charge in [-0.1, -0.05) is 22.0 Å². The number of benzene rings is 1. The highest BCUT2D eigenvalue weighted by atomic mass is 79.9. The molecule has 1 aromatic heterocycles. The summed E-state index contributed by atoms with van der Waals surface area (Å²) in [7, 11) is 0. The molecule has 1 aliphatic carbocycles. The van der Waals surface area contributed by atoms with E-state index in [1.54, 1.807) is 12.1 Å². The summed E-state index contributed by atoms with van der Waals surface area (Å²) in [6, 6.07) is 10.9. The number of hydrogen-bond acceptors (Lipinski definition) is 4. The molecule has 2 aromatic rings. The normalized spacial score (nSPS) is 16.3. The monoisotopic (exact) mass is 389 g/mol. The van der Waals surface area contributed by atoms with Gasteiger partial charge in [-0.05, 0) is 49.9 Å². The molecule has 1 saturated carbocycles. The second-order valence-electron chi connectivity index (χ2n) is 6.29. The number of halogens is 1. The summed E-state index contributed by atoms with van der Waals surface area (Å²) < 4.78 is 6.60. The van der Waals surface area contributed by atoms with Crippen LogP contribution in [0.3, 0.4) is 0 Å². The van der Waals surface area contributed by atoms with Crippen LogP contribution in [0.2, 0.25) is 0 Å². The Morgan fingerprint density at radius 1 is 1.42 bits per heavy atom. The van der Waals surface area contributed by atoms with Gasteiger partial charge in [-0.2, -0.15) is 0 Å². The van der Waals surface area contributed by atoms with Gasteiger partial charge in [0.05, 0.1) is 11.1 Å². The molecule has 0 spiro atoms. The molecule has 1 heterocycles. The first-order valence-corrected chi connectivity index (χ1v) is 8.71. The van der Waals surface area contributed by atoms with Crippen LogP contribution in [0, 0.1) is 5.92 Å². The maximum absolute atomic E-state index is 12.4. The Hall–Kier alpha value is -1.92. The van der Waals surface area contributed by atoms with Crippen molar-refractivity contribution in [2.75, 3.05) is 6.54 Å². The molecule has 1 atom stereocenters. The highest BCUT2D eigenvalue weighted by Gasteiger charge is 2.41. The van der Waals surface area contributed by atoms with Gasteiger partial charge in [-0.25, -0.2) is 4.98 Å². The number of amides is 1. The van der Waals surface area contributed by atoms with E-state index in [-0.39, 0.29) is 11.4 Å². The lowest BCUT2D eigenvalue weighted by atomic mass is 9.95. The van der Waals surface area contributed by atoms with Gasteiger partial charge in [-0.3, -0.25) is 4.79 Å². The Kier molecular flexibility index (Phi) is 4.87. The van der Waals surface area contributed by atoms with Crippen LogP contribution < -0.4 is 15.8 Å². The molecule has 0 radical (unpaired) electrons. The first kappa shape index (κ1) is 16.9. The minimum atomic E-state index is -0.345. The number of pyridine rings is 1. The lowest BCUT2D eigenvalue weighted by Gasteiger charge is -2.29. The molecular formula is C18H20BrN3O2. The summed E-state index contributed by atoms with van der Waals surface area (Å²) in [5.41, 5.74) is 5.99. The van der Waals surface area contributed by atoms with Crippen molar-refractivity contribution >= 4 is 21.8 Å². The van der Waals surface area contributed by atoms with E-state index in [4.69, 9.17) is 10.5 Å². The smallest absolute Gasteiger partial charge is 0.253 e. The van der Waals surface area contributed by atoms with E-state index < -0.39 is 0 Å². The highest BCUT2D eigenvalue weighted by molar-refractivity contribution is 9.10. The predicted molar refractivity (Wildman–Crippen MR) is 96.1 cm³/mol. The third-order valence-electron chi connectivity index (χ3n) is 4.32. The molecule has 0 saturated heterocycles. The number of hydrogen-bond donors (Lipinski definition) is 2. The molecule has 1 fully saturated rings. The number of carbonyl (C=O) groups is 1. The van der Waals surface area contributed by atoms with Gasteiger partial charge in [0.1, 0.15) is 5.75 Å². The molecule has 24 heavy (non-hydrogen) atoms. The summed E-state index contributed by atoms with van der Waals surface area (Å²) >= 11 is 3.39. The average Bonchev–Trinajstić information content (AvgIpc) is 3.41. The SMILES string of the molecule is CC(CN)(NC(=O)c1ccc(Oc2cccc(Br)c2)nc1)C1CC1. The summed E-state index contributed by atoms with van der Waals surface area (Å²) in [5.74, 6) is 1.43. The molecule has 3 N–H and O–H groups in total. The van der Waals surface area contributed by atoms with Crippen LogP contribution in [-0.4, -0.2) is 23.0 Å². The fourth-order valence-electron chi connectivity index (χ4n) is 2.60. The molecule has 1 amide bonds. The van der Waals surface area contributed by atoms with Crippen molar-refractivity contribution in [1.29, 1.82) is 0 Å². The molecule has 5 nitrogen and oxygen atoms in total. The van der Waals surface area contributed by atoms with Crippen LogP contribution in [0.25, 0.3) is 0 Å². The van der Waals surface area contributed by atoms with E-state index in [0.29, 0.717) is 29.7 Å². The lowest BCUT2D eigenvalue weighted by Crippen LogP contribution is -2.53. The molecule has 6 heteroatoms. The van der Waals surface area contributed by atoms with E-state index in [2.05, 4.69) is 26.2 Å². The second kappa shape index (κ2) is 6.91. The number of nitrogens with zero attached hydrogens (tertiary/aromatic N) is 1. The first-order valence-electron chi connectivity index (χ1n) is 7.92. The Morgan fingerprint density at radius 2 is 2.21 bits per heavy atom. The van der Waals surface area contributed by atoms with Crippen LogP contribution in [0.5, 0.6) is 11.6 Å². The van der Waals surface area contributed by atoms with Crippen molar-refractivity contribution in [3.63, 3.8) is 0 Å². The fraction of sp³-hybridized carbons (Fsp3) is 0.333. The van der Waals surface area contributed by atoms with Gasteiger partial charge < -0.3 is 15.8 Å². The molecule has 0 aliphatic heterocycles. The average molecular weight is 390 g/mol. The van der Waals surface area contributed by atoms with Crippen molar-refractivity contribution in [1.82, 2.24) is 10.3 Å². The van der Waals surface area contributed by atoms with Crippen molar-refractivity contribution in [3.8, 4) is 11.6 Å². The molecular weight excluding hydrogens is 370 g/mol. The van der Waals surface area contributed by atoms with Gasteiger partial charge >= 0.3 is 0 Å². The lowest BCUT2D eigenvalue weighted by molar-refractivity contribution is 0.0897. The van der Waals surface area contributed by atoms with Gasteiger partial charge in [0.15, 0.2) is 0 Å². The van der Waals surface area contributed by atoms with Crippen molar-refractivity contribution < 1.29 is 9.53 Å². The third-order valence-corrected chi connectivity index (χ3v) is 4.81. The van der Waals surface area contributed by atoms with Crippen molar-refractivity contribution in [2.45, 2.75) is 25.3 Å². The zero-order valence-corrected chi connectivity index (χ0v) is 15.0. The number of carbonyl (C=O) groups excluding carboxylic acids is 1. The second-order valence-corrected chi connectivity index (χ2v) is 7.21. The Balaban J connectivity index is 1.66. The van der Waals surface area contributed by atoms with E-state index >= 15 is 0 Å². The topological polar surface area (TPSA) is 77.2 Å². The number of ether oxygens (including phenoxy) is 1. The first-order chi connectivity index (χ1) is 11.5. The summed E-state index contributed by atoms with van der Waals surface area (Å²) in [6.45, 7) is 2.43. The number of aromatic nitrogens is 1. The zero-order chi connectivity index (χ0) is 17.2. The molecule has 126 valence electrons.